The Hall–Kier alpha value is -1.36. The van der Waals surface area contributed by atoms with Gasteiger partial charge in [-0.25, -0.2) is 9.97 Å². The topological polar surface area (TPSA) is 66.9 Å². The summed E-state index contributed by atoms with van der Waals surface area (Å²) in [6.45, 7) is 2.49. The smallest absolute Gasteiger partial charge is 0.220 e. The van der Waals surface area contributed by atoms with E-state index < -0.39 is 0 Å². The van der Waals surface area contributed by atoms with E-state index in [1.807, 2.05) is 6.92 Å². The summed E-state index contributed by atoms with van der Waals surface area (Å²) in [4.78, 5) is 19.0. The first-order chi connectivity index (χ1) is 7.66. The van der Waals surface area contributed by atoms with Crippen molar-refractivity contribution in [3.63, 3.8) is 0 Å². The SMILES string of the molecule is Cc1c(Cl)ncnc1NC1CCC(=O)NC1. The van der Waals surface area contributed by atoms with Crippen LogP contribution in [0.15, 0.2) is 6.33 Å². The Bertz CT molecular complexity index is 400. The molecule has 0 saturated carbocycles. The minimum Gasteiger partial charge on any atom is -0.365 e. The molecule has 2 heterocycles. The largest absolute Gasteiger partial charge is 0.365 e. The Balaban J connectivity index is 2.04. The van der Waals surface area contributed by atoms with Gasteiger partial charge >= 0.3 is 0 Å². The van der Waals surface area contributed by atoms with Crippen LogP contribution in [0.3, 0.4) is 0 Å². The van der Waals surface area contributed by atoms with Crippen LogP contribution >= 0.6 is 11.6 Å². The van der Waals surface area contributed by atoms with Gasteiger partial charge in [-0.1, -0.05) is 11.6 Å². The highest BCUT2D eigenvalue weighted by Gasteiger charge is 2.18. The normalized spacial score (nSPS) is 20.4. The van der Waals surface area contributed by atoms with Crippen molar-refractivity contribution in [1.29, 1.82) is 0 Å². The number of rotatable bonds is 2. The van der Waals surface area contributed by atoms with Crippen LogP contribution < -0.4 is 10.6 Å². The molecule has 1 unspecified atom stereocenters. The number of piperidine rings is 1. The van der Waals surface area contributed by atoms with Crippen LogP contribution in [-0.4, -0.2) is 28.5 Å². The van der Waals surface area contributed by atoms with Crippen LogP contribution in [0.2, 0.25) is 5.15 Å². The van der Waals surface area contributed by atoms with E-state index in [-0.39, 0.29) is 11.9 Å². The Morgan fingerprint density at radius 1 is 1.56 bits per heavy atom. The first kappa shape index (κ1) is 11.1. The molecular weight excluding hydrogens is 228 g/mol. The molecule has 0 spiro atoms. The van der Waals surface area contributed by atoms with Crippen molar-refractivity contribution in [2.45, 2.75) is 25.8 Å². The molecule has 0 aliphatic carbocycles. The number of hydrogen-bond acceptors (Lipinski definition) is 4. The minimum atomic E-state index is 0.107. The fraction of sp³-hybridized carbons (Fsp3) is 0.500. The molecule has 1 fully saturated rings. The van der Waals surface area contributed by atoms with Crippen molar-refractivity contribution in [3.05, 3.63) is 17.0 Å². The molecule has 1 atom stereocenters. The van der Waals surface area contributed by atoms with Gasteiger partial charge in [0.25, 0.3) is 0 Å². The summed E-state index contributed by atoms with van der Waals surface area (Å²) in [5.74, 6) is 0.844. The van der Waals surface area contributed by atoms with Crippen LogP contribution in [0.4, 0.5) is 5.82 Å². The number of nitrogens with zero attached hydrogens (tertiary/aromatic N) is 2. The van der Waals surface area contributed by atoms with E-state index in [9.17, 15) is 4.79 Å². The van der Waals surface area contributed by atoms with Gasteiger partial charge in [-0.15, -0.1) is 0 Å². The summed E-state index contributed by atoms with van der Waals surface area (Å²) >= 11 is 5.89. The molecule has 6 heteroatoms. The van der Waals surface area contributed by atoms with E-state index in [1.165, 1.54) is 6.33 Å². The Labute approximate surface area is 98.6 Å². The van der Waals surface area contributed by atoms with Gasteiger partial charge in [0.15, 0.2) is 0 Å². The summed E-state index contributed by atoms with van der Waals surface area (Å²) in [7, 11) is 0. The lowest BCUT2D eigenvalue weighted by Crippen LogP contribution is -2.42. The lowest BCUT2D eigenvalue weighted by molar-refractivity contribution is -0.122. The van der Waals surface area contributed by atoms with E-state index in [0.29, 0.717) is 18.1 Å². The molecule has 0 bridgehead atoms. The fourth-order valence-electron chi connectivity index (χ4n) is 1.62. The average Bonchev–Trinajstić information content (AvgIpc) is 2.28. The van der Waals surface area contributed by atoms with Crippen molar-refractivity contribution < 1.29 is 4.79 Å². The number of hydrogen-bond donors (Lipinski definition) is 2. The van der Waals surface area contributed by atoms with Crippen LogP contribution in [-0.2, 0) is 4.79 Å². The van der Waals surface area contributed by atoms with Crippen molar-refractivity contribution in [2.24, 2.45) is 0 Å². The van der Waals surface area contributed by atoms with Gasteiger partial charge < -0.3 is 10.6 Å². The first-order valence-corrected chi connectivity index (χ1v) is 5.55. The third kappa shape index (κ3) is 2.41. The highest BCUT2D eigenvalue weighted by atomic mass is 35.5. The molecule has 2 rings (SSSR count). The second kappa shape index (κ2) is 4.65. The monoisotopic (exact) mass is 240 g/mol. The van der Waals surface area contributed by atoms with E-state index in [0.717, 1.165) is 17.8 Å². The maximum Gasteiger partial charge on any atom is 0.220 e. The number of halogens is 1. The Kier molecular flexibility index (Phi) is 3.24. The van der Waals surface area contributed by atoms with Crippen molar-refractivity contribution in [1.82, 2.24) is 15.3 Å². The molecule has 1 aliphatic rings. The third-order valence-electron chi connectivity index (χ3n) is 2.63. The molecule has 5 nitrogen and oxygen atoms in total. The quantitative estimate of drug-likeness (QED) is 0.761. The zero-order valence-electron chi connectivity index (χ0n) is 8.96. The molecule has 16 heavy (non-hydrogen) atoms. The highest BCUT2D eigenvalue weighted by molar-refractivity contribution is 6.30. The third-order valence-corrected chi connectivity index (χ3v) is 3.01. The number of aromatic nitrogens is 2. The van der Waals surface area contributed by atoms with Crippen LogP contribution in [0, 0.1) is 6.92 Å². The summed E-state index contributed by atoms with van der Waals surface area (Å²) in [6, 6.07) is 0.211. The predicted octanol–water partition coefficient (Wildman–Crippen LogP) is 1.13. The second-order valence-corrected chi connectivity index (χ2v) is 4.18. The number of carbonyl (C=O) groups excluding carboxylic acids is 1. The van der Waals surface area contributed by atoms with Crippen molar-refractivity contribution in [3.8, 4) is 0 Å². The summed E-state index contributed by atoms with van der Waals surface area (Å²) in [6.07, 6.45) is 2.79. The van der Waals surface area contributed by atoms with E-state index in [1.54, 1.807) is 0 Å². The molecule has 1 amide bonds. The summed E-state index contributed by atoms with van der Waals surface area (Å²) < 4.78 is 0. The van der Waals surface area contributed by atoms with Crippen LogP contribution in [0.25, 0.3) is 0 Å². The molecule has 2 N–H and O–H groups in total. The number of carbonyl (C=O) groups is 1. The molecule has 1 aliphatic heterocycles. The van der Waals surface area contributed by atoms with Crippen LogP contribution in [0.5, 0.6) is 0 Å². The number of anilines is 1. The van der Waals surface area contributed by atoms with Gasteiger partial charge in [0, 0.05) is 24.6 Å². The zero-order chi connectivity index (χ0) is 11.5. The molecule has 0 aromatic carbocycles. The average molecular weight is 241 g/mol. The van der Waals surface area contributed by atoms with E-state index >= 15 is 0 Å². The fourth-order valence-corrected chi connectivity index (χ4v) is 1.76. The molecular formula is C10H13ClN4O. The zero-order valence-corrected chi connectivity index (χ0v) is 9.71. The number of amides is 1. The van der Waals surface area contributed by atoms with Gasteiger partial charge in [0.1, 0.15) is 17.3 Å². The molecule has 86 valence electrons. The van der Waals surface area contributed by atoms with E-state index in [4.69, 9.17) is 11.6 Å². The lowest BCUT2D eigenvalue weighted by Gasteiger charge is -2.24. The highest BCUT2D eigenvalue weighted by Crippen LogP contribution is 2.19. The molecule has 1 saturated heterocycles. The maximum atomic E-state index is 11.0. The Morgan fingerprint density at radius 2 is 2.38 bits per heavy atom. The minimum absolute atomic E-state index is 0.107. The predicted molar refractivity (Wildman–Crippen MR) is 61.4 cm³/mol. The maximum absolute atomic E-state index is 11.0. The van der Waals surface area contributed by atoms with Gasteiger partial charge in [-0.05, 0) is 13.3 Å². The molecule has 1 aromatic heterocycles. The summed E-state index contributed by atoms with van der Waals surface area (Å²) in [5.41, 5.74) is 0.834. The molecule has 0 radical (unpaired) electrons. The standard InChI is InChI=1S/C10H13ClN4O/c1-6-9(11)13-5-14-10(6)15-7-2-3-8(16)12-4-7/h5,7H,2-4H2,1H3,(H,12,16)(H,13,14,15). The number of nitrogens with one attached hydrogen (secondary N) is 2. The summed E-state index contributed by atoms with van der Waals surface area (Å²) in [5, 5.41) is 6.52. The van der Waals surface area contributed by atoms with Crippen molar-refractivity contribution in [2.75, 3.05) is 11.9 Å². The Morgan fingerprint density at radius 3 is 3.06 bits per heavy atom. The van der Waals surface area contributed by atoms with Gasteiger partial charge in [0.05, 0.1) is 0 Å². The van der Waals surface area contributed by atoms with Gasteiger partial charge in [0.2, 0.25) is 5.91 Å². The first-order valence-electron chi connectivity index (χ1n) is 5.17. The van der Waals surface area contributed by atoms with Crippen LogP contribution in [0.1, 0.15) is 18.4 Å². The van der Waals surface area contributed by atoms with Crippen molar-refractivity contribution >= 4 is 23.3 Å². The van der Waals surface area contributed by atoms with Gasteiger partial charge in [-0.3, -0.25) is 4.79 Å². The van der Waals surface area contributed by atoms with E-state index in [2.05, 4.69) is 20.6 Å². The van der Waals surface area contributed by atoms with Gasteiger partial charge in [-0.2, -0.15) is 0 Å². The lowest BCUT2D eigenvalue weighted by atomic mass is 10.1. The second-order valence-electron chi connectivity index (χ2n) is 3.82. The molecule has 1 aromatic rings.